The second kappa shape index (κ2) is 10.0. The Kier molecular flexibility index (Phi) is 7.09. The number of carbonyl (C=O) groups excluding carboxylic acids is 3. The predicted molar refractivity (Wildman–Crippen MR) is 131 cm³/mol. The summed E-state index contributed by atoms with van der Waals surface area (Å²) in [5, 5.41) is 0.688. The van der Waals surface area contributed by atoms with Crippen molar-refractivity contribution < 1.29 is 23.5 Å². The van der Waals surface area contributed by atoms with Crippen LogP contribution in [0.4, 0.5) is 9.18 Å². The molecule has 1 aliphatic heterocycles. The van der Waals surface area contributed by atoms with Crippen LogP contribution in [0.15, 0.2) is 53.6 Å². The van der Waals surface area contributed by atoms with Crippen molar-refractivity contribution in [2.24, 2.45) is 0 Å². The van der Waals surface area contributed by atoms with Crippen molar-refractivity contribution in [3.63, 3.8) is 0 Å². The van der Waals surface area contributed by atoms with E-state index in [0.29, 0.717) is 18.0 Å². The second-order valence-electron chi connectivity index (χ2n) is 7.94. The number of carbonyl (C=O) groups is 3. The fourth-order valence-corrected chi connectivity index (χ4v) is 4.66. The Balaban J connectivity index is 1.62. The van der Waals surface area contributed by atoms with E-state index in [9.17, 15) is 18.8 Å². The zero-order valence-corrected chi connectivity index (χ0v) is 20.2. The van der Waals surface area contributed by atoms with E-state index in [0.717, 1.165) is 38.7 Å². The van der Waals surface area contributed by atoms with Gasteiger partial charge in [0.25, 0.3) is 11.1 Å². The fourth-order valence-electron chi connectivity index (χ4n) is 3.61. The van der Waals surface area contributed by atoms with Crippen LogP contribution in [0.2, 0.25) is 5.02 Å². The van der Waals surface area contributed by atoms with E-state index in [4.69, 9.17) is 16.3 Å². The number of hydrogen-bond acceptors (Lipinski definition) is 5. The zero-order valence-electron chi connectivity index (χ0n) is 18.6. The van der Waals surface area contributed by atoms with Crippen LogP contribution in [0, 0.1) is 5.82 Å². The lowest BCUT2D eigenvalue weighted by Crippen LogP contribution is -2.35. The van der Waals surface area contributed by atoms with Crippen LogP contribution in [0.3, 0.4) is 0 Å². The first-order valence-corrected chi connectivity index (χ1v) is 11.9. The van der Waals surface area contributed by atoms with E-state index in [-0.39, 0.29) is 11.0 Å². The number of aromatic nitrogens is 1. The molecule has 1 aromatic heterocycles. The molecule has 1 atom stereocenters. The predicted octanol–water partition coefficient (Wildman–Crippen LogP) is 5.86. The molecule has 6 nitrogen and oxygen atoms in total. The molecule has 1 aliphatic rings. The molecule has 176 valence electrons. The Labute approximate surface area is 205 Å². The number of halogens is 2. The Morgan fingerprint density at radius 1 is 1.24 bits per heavy atom. The molecule has 9 heteroatoms. The quantitative estimate of drug-likeness (QED) is 0.300. The first kappa shape index (κ1) is 24.0. The number of fused-ring (bicyclic) bond motifs is 1. The van der Waals surface area contributed by atoms with Crippen molar-refractivity contribution in [1.82, 2.24) is 9.47 Å². The molecular weight excluding hydrogens is 479 g/mol. The van der Waals surface area contributed by atoms with Crippen LogP contribution >= 0.6 is 23.4 Å². The average Bonchev–Trinajstić information content (AvgIpc) is 3.27. The van der Waals surface area contributed by atoms with Gasteiger partial charge in [0.1, 0.15) is 12.4 Å². The fraction of sp³-hybridized carbons (Fsp3) is 0.240. The minimum Gasteiger partial charge on any atom is -0.461 e. The number of esters is 1. The summed E-state index contributed by atoms with van der Waals surface area (Å²) in [5.74, 6) is -1.56. The third kappa shape index (κ3) is 5.03. The molecule has 0 aliphatic carbocycles. The van der Waals surface area contributed by atoms with Crippen molar-refractivity contribution in [2.45, 2.75) is 32.9 Å². The highest BCUT2D eigenvalue weighted by molar-refractivity contribution is 8.18. The van der Waals surface area contributed by atoms with Crippen molar-refractivity contribution >= 4 is 57.5 Å². The molecule has 2 aromatic carbocycles. The molecule has 0 N–H and O–H groups in total. The van der Waals surface area contributed by atoms with Gasteiger partial charge in [-0.3, -0.25) is 19.3 Å². The van der Waals surface area contributed by atoms with Gasteiger partial charge in [0.2, 0.25) is 0 Å². The second-order valence-corrected chi connectivity index (χ2v) is 9.34. The van der Waals surface area contributed by atoms with Gasteiger partial charge in [-0.15, -0.1) is 0 Å². The van der Waals surface area contributed by atoms with Gasteiger partial charge >= 0.3 is 5.97 Å². The molecule has 1 fully saturated rings. The van der Waals surface area contributed by atoms with Gasteiger partial charge < -0.3 is 9.30 Å². The Bertz CT molecular complexity index is 1320. The molecule has 2 amide bonds. The van der Waals surface area contributed by atoms with Crippen LogP contribution in [0.5, 0.6) is 0 Å². The molecule has 1 saturated heterocycles. The molecule has 34 heavy (non-hydrogen) atoms. The standard InChI is InChI=1S/C25H22ClFN2O4S/c1-3-15(2)33-23(30)14-29-24(31)22(34-25(29)32)10-17-13-28(21-7-5-4-6-19(17)21)12-16-8-9-18(27)11-20(16)26/h4-11,13,15H,3,12,14H2,1-2H3/b22-10-/t15-/m1/s1. The topological polar surface area (TPSA) is 68.6 Å². The van der Waals surface area contributed by atoms with Gasteiger partial charge in [0.05, 0.1) is 11.0 Å². The molecule has 2 heterocycles. The summed E-state index contributed by atoms with van der Waals surface area (Å²) in [6, 6.07) is 11.9. The lowest BCUT2D eigenvalue weighted by atomic mass is 10.1. The maximum atomic E-state index is 13.4. The summed E-state index contributed by atoms with van der Waals surface area (Å²) in [7, 11) is 0. The van der Waals surface area contributed by atoms with Crippen molar-refractivity contribution in [1.29, 1.82) is 0 Å². The smallest absolute Gasteiger partial charge is 0.326 e. The van der Waals surface area contributed by atoms with Gasteiger partial charge in [0, 0.05) is 34.2 Å². The number of benzene rings is 2. The minimum atomic E-state index is -0.620. The minimum absolute atomic E-state index is 0.226. The number of amides is 2. The van der Waals surface area contributed by atoms with E-state index in [1.54, 1.807) is 19.1 Å². The summed E-state index contributed by atoms with van der Waals surface area (Å²) in [4.78, 5) is 38.5. The van der Waals surface area contributed by atoms with Crippen LogP contribution in [-0.4, -0.2) is 39.2 Å². The maximum Gasteiger partial charge on any atom is 0.326 e. The number of ether oxygens (including phenoxy) is 1. The molecule has 0 spiro atoms. The Morgan fingerprint density at radius 3 is 2.74 bits per heavy atom. The highest BCUT2D eigenvalue weighted by atomic mass is 35.5. The first-order valence-electron chi connectivity index (χ1n) is 10.7. The van der Waals surface area contributed by atoms with Crippen molar-refractivity contribution in [3.8, 4) is 0 Å². The van der Waals surface area contributed by atoms with E-state index in [2.05, 4.69) is 0 Å². The van der Waals surface area contributed by atoms with Crippen molar-refractivity contribution in [2.75, 3.05) is 6.54 Å². The van der Waals surface area contributed by atoms with E-state index in [1.165, 1.54) is 12.1 Å². The molecule has 0 saturated carbocycles. The monoisotopic (exact) mass is 500 g/mol. The molecular formula is C25H22ClFN2O4S. The van der Waals surface area contributed by atoms with Gasteiger partial charge in [0.15, 0.2) is 0 Å². The normalized spacial score (nSPS) is 16.0. The van der Waals surface area contributed by atoms with E-state index in [1.807, 2.05) is 42.0 Å². The third-order valence-corrected chi connectivity index (χ3v) is 6.79. The first-order chi connectivity index (χ1) is 16.3. The Hall–Kier alpha value is -3.10. The van der Waals surface area contributed by atoms with Gasteiger partial charge in [-0.2, -0.15) is 0 Å². The maximum absolute atomic E-state index is 13.4. The average molecular weight is 501 g/mol. The summed E-state index contributed by atoms with van der Waals surface area (Å²) in [6.07, 6.45) is 3.86. The van der Waals surface area contributed by atoms with Gasteiger partial charge in [-0.25, -0.2) is 4.39 Å². The molecule has 0 bridgehead atoms. The van der Waals surface area contributed by atoms with Crippen LogP contribution in [0.25, 0.3) is 17.0 Å². The lowest BCUT2D eigenvalue weighted by Gasteiger charge is -2.14. The summed E-state index contributed by atoms with van der Waals surface area (Å²) < 4.78 is 20.6. The van der Waals surface area contributed by atoms with Crippen molar-refractivity contribution in [3.05, 3.63) is 75.5 Å². The number of hydrogen-bond donors (Lipinski definition) is 0. The van der Waals surface area contributed by atoms with E-state index < -0.39 is 29.5 Å². The van der Waals surface area contributed by atoms with E-state index >= 15 is 0 Å². The number of imide groups is 1. The SMILES string of the molecule is CC[C@@H](C)OC(=O)CN1C(=O)S/C(=C\c2cn(Cc3ccc(F)cc3Cl)c3ccccc23)C1=O. The largest absolute Gasteiger partial charge is 0.461 e. The van der Waals surface area contributed by atoms with Crippen LogP contribution < -0.4 is 0 Å². The van der Waals surface area contributed by atoms with Crippen LogP contribution in [0.1, 0.15) is 31.4 Å². The number of thioether (sulfide) groups is 1. The molecule has 0 unspecified atom stereocenters. The third-order valence-electron chi connectivity index (χ3n) is 5.53. The molecule has 0 radical (unpaired) electrons. The molecule has 3 aromatic rings. The summed E-state index contributed by atoms with van der Waals surface area (Å²) in [5.41, 5.74) is 2.38. The highest BCUT2D eigenvalue weighted by Gasteiger charge is 2.37. The highest BCUT2D eigenvalue weighted by Crippen LogP contribution is 2.34. The summed E-state index contributed by atoms with van der Waals surface area (Å²) in [6.45, 7) is 3.61. The number of nitrogens with zero attached hydrogens (tertiary/aromatic N) is 2. The molecule has 4 rings (SSSR count). The van der Waals surface area contributed by atoms with Gasteiger partial charge in [-0.1, -0.05) is 42.8 Å². The summed E-state index contributed by atoms with van der Waals surface area (Å²) >= 11 is 7.00. The van der Waals surface area contributed by atoms with Gasteiger partial charge in [-0.05, 0) is 54.9 Å². The zero-order chi connectivity index (χ0) is 24.4. The lowest BCUT2D eigenvalue weighted by molar-refractivity contribution is -0.150. The number of rotatable bonds is 7. The van der Waals surface area contributed by atoms with Crippen LogP contribution in [-0.2, 0) is 20.9 Å². The Morgan fingerprint density at radius 2 is 2.00 bits per heavy atom. The number of para-hydroxylation sites is 1.